The van der Waals surface area contributed by atoms with Crippen LogP contribution in [0.5, 0.6) is 0 Å². The minimum Gasteiger partial charge on any atom is -0.309 e. The lowest BCUT2D eigenvalue weighted by molar-refractivity contribution is 1.18. The highest BCUT2D eigenvalue weighted by atomic mass is 15.0. The third-order valence-corrected chi connectivity index (χ3v) is 6.06. The molecule has 4 heterocycles. The highest BCUT2D eigenvalue weighted by molar-refractivity contribution is 6.25. The Balaban J connectivity index is 1.82. The van der Waals surface area contributed by atoms with Gasteiger partial charge in [0.25, 0.3) is 0 Å². The number of imidazole rings is 1. The van der Waals surface area contributed by atoms with Gasteiger partial charge in [-0.05, 0) is 35.7 Å². The van der Waals surface area contributed by atoms with E-state index in [1.54, 1.807) is 0 Å². The van der Waals surface area contributed by atoms with Gasteiger partial charge in [0, 0.05) is 52.0 Å². The average molecular weight is 384 g/mol. The Morgan fingerprint density at radius 1 is 0.633 bits per heavy atom. The largest absolute Gasteiger partial charge is 0.309 e. The summed E-state index contributed by atoms with van der Waals surface area (Å²) in [5.41, 5.74) is 5.68. The Morgan fingerprint density at radius 2 is 1.50 bits per heavy atom. The van der Waals surface area contributed by atoms with E-state index in [0.717, 1.165) is 16.7 Å². The molecule has 0 unspecified atom stereocenters. The number of hydrogen-bond donors (Lipinski definition) is 0. The third kappa shape index (κ3) is 1.90. The standard InChI is InChI=1S/C26H16N4/c1-2-6-17(7-3-1)30-22-9-5-4-8-20(22)24-23(30)11-10-19-18-12-13-27-16-21(18)26-28-14-15-29(26)25(19)24/h1-16H. The van der Waals surface area contributed by atoms with E-state index < -0.39 is 0 Å². The van der Waals surface area contributed by atoms with E-state index in [-0.39, 0.29) is 0 Å². The van der Waals surface area contributed by atoms with Crippen LogP contribution in [0.1, 0.15) is 0 Å². The monoisotopic (exact) mass is 384 g/mol. The number of aromatic nitrogens is 4. The van der Waals surface area contributed by atoms with Crippen molar-refractivity contribution in [2.24, 2.45) is 0 Å². The van der Waals surface area contributed by atoms with Crippen LogP contribution in [0, 0.1) is 0 Å². The van der Waals surface area contributed by atoms with E-state index in [2.05, 4.69) is 97.9 Å². The smallest absolute Gasteiger partial charge is 0.146 e. The van der Waals surface area contributed by atoms with Crippen LogP contribution in [-0.4, -0.2) is 18.9 Å². The van der Waals surface area contributed by atoms with Crippen molar-refractivity contribution in [1.29, 1.82) is 0 Å². The van der Waals surface area contributed by atoms with Gasteiger partial charge in [0.15, 0.2) is 0 Å². The number of pyridine rings is 2. The maximum absolute atomic E-state index is 4.66. The number of para-hydroxylation sites is 2. The minimum atomic E-state index is 0.939. The summed E-state index contributed by atoms with van der Waals surface area (Å²) in [5, 5.41) is 5.94. The van der Waals surface area contributed by atoms with Crippen LogP contribution in [0.15, 0.2) is 97.6 Å². The van der Waals surface area contributed by atoms with Crippen molar-refractivity contribution in [2.75, 3.05) is 0 Å². The summed E-state index contributed by atoms with van der Waals surface area (Å²) in [7, 11) is 0. The first kappa shape index (κ1) is 15.7. The molecule has 0 aliphatic heterocycles. The third-order valence-electron chi connectivity index (χ3n) is 6.06. The summed E-state index contributed by atoms with van der Waals surface area (Å²) in [6.45, 7) is 0. The van der Waals surface area contributed by atoms with Crippen LogP contribution in [0.2, 0.25) is 0 Å². The zero-order valence-corrected chi connectivity index (χ0v) is 16.0. The fourth-order valence-corrected chi connectivity index (χ4v) is 4.86. The quantitative estimate of drug-likeness (QED) is 0.319. The molecule has 7 aromatic rings. The average Bonchev–Trinajstić information content (AvgIpc) is 3.43. The second-order valence-electron chi connectivity index (χ2n) is 7.59. The number of rotatable bonds is 1. The normalized spacial score (nSPS) is 12.0. The summed E-state index contributed by atoms with van der Waals surface area (Å²) < 4.78 is 4.56. The van der Waals surface area contributed by atoms with Gasteiger partial charge >= 0.3 is 0 Å². The highest BCUT2D eigenvalue weighted by Gasteiger charge is 2.18. The van der Waals surface area contributed by atoms with Gasteiger partial charge in [-0.2, -0.15) is 0 Å². The zero-order valence-electron chi connectivity index (χ0n) is 16.0. The van der Waals surface area contributed by atoms with E-state index in [9.17, 15) is 0 Å². The van der Waals surface area contributed by atoms with E-state index in [1.165, 1.54) is 38.1 Å². The fourth-order valence-electron chi connectivity index (χ4n) is 4.86. The van der Waals surface area contributed by atoms with Crippen molar-refractivity contribution in [3.05, 3.63) is 97.6 Å². The number of benzene rings is 3. The molecule has 7 rings (SSSR count). The molecule has 0 saturated carbocycles. The van der Waals surface area contributed by atoms with Crippen molar-refractivity contribution in [3.63, 3.8) is 0 Å². The molecule has 0 radical (unpaired) electrons. The summed E-state index contributed by atoms with van der Waals surface area (Å²) in [6.07, 6.45) is 7.70. The molecule has 0 spiro atoms. The molecule has 140 valence electrons. The van der Waals surface area contributed by atoms with Gasteiger partial charge in [-0.25, -0.2) is 4.98 Å². The Labute approximate surface area is 171 Å². The molecule has 0 atom stereocenters. The zero-order chi connectivity index (χ0) is 19.7. The lowest BCUT2D eigenvalue weighted by Crippen LogP contribution is -1.94. The van der Waals surface area contributed by atoms with Crippen LogP contribution in [0.25, 0.3) is 54.8 Å². The molecule has 3 aromatic carbocycles. The highest BCUT2D eigenvalue weighted by Crippen LogP contribution is 2.39. The van der Waals surface area contributed by atoms with E-state index >= 15 is 0 Å². The van der Waals surface area contributed by atoms with Crippen molar-refractivity contribution < 1.29 is 0 Å². The first-order valence-electron chi connectivity index (χ1n) is 10.0. The molecule has 0 fully saturated rings. The van der Waals surface area contributed by atoms with Crippen molar-refractivity contribution in [3.8, 4) is 5.69 Å². The molecule has 0 aliphatic rings. The summed E-state index contributed by atoms with van der Waals surface area (Å²) >= 11 is 0. The second kappa shape index (κ2) is 5.67. The first-order valence-corrected chi connectivity index (χ1v) is 10.0. The Hall–Kier alpha value is -4.18. The van der Waals surface area contributed by atoms with E-state index in [0.29, 0.717) is 0 Å². The fraction of sp³-hybridized carbons (Fsp3) is 0. The lowest BCUT2D eigenvalue weighted by Gasteiger charge is -2.11. The Bertz CT molecular complexity index is 1740. The first-order chi connectivity index (χ1) is 14.9. The van der Waals surface area contributed by atoms with Gasteiger partial charge in [0.1, 0.15) is 5.65 Å². The van der Waals surface area contributed by atoms with Gasteiger partial charge < -0.3 is 4.57 Å². The molecular weight excluding hydrogens is 368 g/mol. The van der Waals surface area contributed by atoms with Crippen molar-refractivity contribution in [1.82, 2.24) is 18.9 Å². The SMILES string of the molecule is c1ccc(-n2c3ccccc3c3c2ccc2c4ccncc4c4nccn4c23)cc1. The predicted octanol–water partition coefficient (Wildman–Crippen LogP) is 6.13. The number of nitrogens with zero attached hydrogens (tertiary/aromatic N) is 4. The van der Waals surface area contributed by atoms with Crippen molar-refractivity contribution in [2.45, 2.75) is 0 Å². The molecule has 0 N–H and O–H groups in total. The molecule has 30 heavy (non-hydrogen) atoms. The van der Waals surface area contributed by atoms with Crippen LogP contribution < -0.4 is 0 Å². The van der Waals surface area contributed by atoms with Gasteiger partial charge in [0.05, 0.1) is 16.6 Å². The topological polar surface area (TPSA) is 35.1 Å². The Morgan fingerprint density at radius 3 is 2.43 bits per heavy atom. The summed E-state index contributed by atoms with van der Waals surface area (Å²) in [5.74, 6) is 0. The van der Waals surface area contributed by atoms with Gasteiger partial charge in [-0.3, -0.25) is 9.38 Å². The van der Waals surface area contributed by atoms with Crippen LogP contribution in [-0.2, 0) is 0 Å². The molecule has 4 heteroatoms. The molecule has 4 aromatic heterocycles. The maximum Gasteiger partial charge on any atom is 0.146 e. The van der Waals surface area contributed by atoms with Gasteiger partial charge in [-0.15, -0.1) is 0 Å². The van der Waals surface area contributed by atoms with Gasteiger partial charge in [-0.1, -0.05) is 42.5 Å². The predicted molar refractivity (Wildman–Crippen MR) is 122 cm³/mol. The summed E-state index contributed by atoms with van der Waals surface area (Å²) in [6, 6.07) is 25.8. The molecule has 0 aliphatic carbocycles. The van der Waals surface area contributed by atoms with E-state index in [4.69, 9.17) is 0 Å². The molecule has 0 bridgehead atoms. The molecule has 4 nitrogen and oxygen atoms in total. The minimum absolute atomic E-state index is 0.939. The van der Waals surface area contributed by atoms with E-state index in [1.807, 2.05) is 18.6 Å². The lowest BCUT2D eigenvalue weighted by atomic mass is 10.0. The van der Waals surface area contributed by atoms with Crippen LogP contribution in [0.4, 0.5) is 0 Å². The Kier molecular flexibility index (Phi) is 2.97. The number of fused-ring (bicyclic) bond motifs is 10. The molecule has 0 amide bonds. The summed E-state index contributed by atoms with van der Waals surface area (Å²) in [4.78, 5) is 9.01. The van der Waals surface area contributed by atoms with Gasteiger partial charge in [0.2, 0.25) is 0 Å². The van der Waals surface area contributed by atoms with Crippen LogP contribution >= 0.6 is 0 Å². The van der Waals surface area contributed by atoms with Crippen LogP contribution in [0.3, 0.4) is 0 Å². The van der Waals surface area contributed by atoms with Crippen molar-refractivity contribution >= 4 is 49.1 Å². The second-order valence-corrected chi connectivity index (χ2v) is 7.59. The molecule has 0 saturated heterocycles. The molecular formula is C26H16N4. The number of hydrogen-bond acceptors (Lipinski definition) is 2. The maximum atomic E-state index is 4.66.